The number of aromatic nitrogens is 4. The van der Waals surface area contributed by atoms with Crippen molar-refractivity contribution < 1.29 is 14.3 Å². The number of morpholine rings is 1. The molecule has 4 aromatic rings. The molecule has 2 aromatic heterocycles. The molecule has 0 spiro atoms. The summed E-state index contributed by atoms with van der Waals surface area (Å²) in [4.78, 5) is 28.2. The van der Waals surface area contributed by atoms with Crippen LogP contribution in [0.15, 0.2) is 54.9 Å². The Morgan fingerprint density at radius 1 is 1.06 bits per heavy atom. The number of fused-ring (bicyclic) bond motifs is 1. The van der Waals surface area contributed by atoms with Crippen molar-refractivity contribution in [3.05, 3.63) is 60.4 Å². The Kier molecular flexibility index (Phi) is 5.54. The summed E-state index contributed by atoms with van der Waals surface area (Å²) in [7, 11) is 1.37. The highest BCUT2D eigenvalue weighted by atomic mass is 16.5. The maximum absolute atomic E-state index is 11.8. The topological polar surface area (TPSA) is 94.4 Å². The van der Waals surface area contributed by atoms with Gasteiger partial charge >= 0.3 is 5.97 Å². The first kappa shape index (κ1) is 21.5. The van der Waals surface area contributed by atoms with Crippen LogP contribution in [0.3, 0.4) is 0 Å². The first-order chi connectivity index (χ1) is 17.2. The van der Waals surface area contributed by atoms with E-state index in [9.17, 15) is 4.79 Å². The lowest BCUT2D eigenvalue weighted by molar-refractivity contribution is 0.0600. The highest BCUT2D eigenvalue weighted by Gasteiger charge is 2.25. The Hall–Kier alpha value is -3.98. The number of hydrogen-bond acceptors (Lipinski definition) is 8. The molecule has 0 amide bonds. The van der Waals surface area contributed by atoms with Gasteiger partial charge in [0.2, 0.25) is 5.95 Å². The van der Waals surface area contributed by atoms with E-state index >= 15 is 0 Å². The van der Waals surface area contributed by atoms with E-state index in [-0.39, 0.29) is 5.97 Å². The quantitative estimate of drug-likeness (QED) is 0.419. The number of nitrogens with zero attached hydrogens (tertiary/aromatic N) is 5. The van der Waals surface area contributed by atoms with Gasteiger partial charge in [0.1, 0.15) is 5.82 Å². The molecule has 1 aliphatic carbocycles. The molecule has 0 radical (unpaired) electrons. The first-order valence-corrected chi connectivity index (χ1v) is 11.8. The van der Waals surface area contributed by atoms with Crippen LogP contribution in [0, 0.1) is 0 Å². The van der Waals surface area contributed by atoms with Gasteiger partial charge in [0.25, 0.3) is 0 Å². The molecule has 2 aromatic carbocycles. The van der Waals surface area contributed by atoms with Crippen LogP contribution in [-0.2, 0) is 9.47 Å². The van der Waals surface area contributed by atoms with Crippen molar-refractivity contribution in [3.63, 3.8) is 0 Å². The third-order valence-electron chi connectivity index (χ3n) is 6.40. The van der Waals surface area contributed by atoms with Crippen molar-refractivity contribution >= 4 is 34.5 Å². The number of esters is 1. The van der Waals surface area contributed by atoms with E-state index in [1.165, 1.54) is 20.0 Å². The maximum atomic E-state index is 11.8. The molecule has 2 aliphatic rings. The fourth-order valence-electron chi connectivity index (χ4n) is 4.34. The number of ether oxygens (including phenoxy) is 2. The van der Waals surface area contributed by atoms with Gasteiger partial charge in [-0.15, -0.1) is 0 Å². The Morgan fingerprint density at radius 3 is 2.60 bits per heavy atom. The van der Waals surface area contributed by atoms with Crippen LogP contribution < -0.4 is 10.2 Å². The van der Waals surface area contributed by atoms with E-state index in [0.717, 1.165) is 41.1 Å². The molecular formula is C26H26N6O3. The highest BCUT2D eigenvalue weighted by molar-refractivity contribution is 5.89. The lowest BCUT2D eigenvalue weighted by Gasteiger charge is -2.27. The lowest BCUT2D eigenvalue weighted by atomic mass is 10.1. The van der Waals surface area contributed by atoms with Crippen molar-refractivity contribution in [1.29, 1.82) is 0 Å². The van der Waals surface area contributed by atoms with Crippen LogP contribution in [0.1, 0.15) is 29.2 Å². The summed E-state index contributed by atoms with van der Waals surface area (Å²) in [5.41, 5.74) is 5.28. The number of carbonyl (C=O) groups excluding carboxylic acids is 1. The summed E-state index contributed by atoms with van der Waals surface area (Å²) in [5, 5.41) is 3.37. The van der Waals surface area contributed by atoms with Gasteiger partial charge < -0.3 is 24.3 Å². The molecule has 9 nitrogen and oxygen atoms in total. The van der Waals surface area contributed by atoms with E-state index in [1.54, 1.807) is 12.1 Å². The van der Waals surface area contributed by atoms with Crippen LogP contribution in [0.25, 0.3) is 22.3 Å². The van der Waals surface area contributed by atoms with Gasteiger partial charge in [-0.25, -0.2) is 14.8 Å². The van der Waals surface area contributed by atoms with Crippen molar-refractivity contribution in [2.45, 2.75) is 18.9 Å². The van der Waals surface area contributed by atoms with E-state index in [1.807, 2.05) is 24.5 Å². The molecular weight excluding hydrogens is 444 g/mol. The second kappa shape index (κ2) is 8.99. The standard InChI is InChI=1S/C26H26N6O3/c1-34-25(33)17-2-5-19(6-3-17)28-24-15-22(29-26(30-24)31-10-12-35-13-11-31)18-4-9-21-23(14-18)32(16-27-21)20-7-8-20/h2-6,9,14-16,20H,7-8,10-13H2,1H3,(H,28,29,30). The predicted molar refractivity (Wildman–Crippen MR) is 133 cm³/mol. The summed E-state index contributed by atoms with van der Waals surface area (Å²) in [6.45, 7) is 2.78. The van der Waals surface area contributed by atoms with Gasteiger partial charge in [0.15, 0.2) is 0 Å². The average molecular weight is 471 g/mol. The fraction of sp³-hybridized carbons (Fsp3) is 0.308. The second-order valence-electron chi connectivity index (χ2n) is 8.82. The van der Waals surface area contributed by atoms with E-state index in [0.29, 0.717) is 36.6 Å². The zero-order valence-corrected chi connectivity index (χ0v) is 19.5. The van der Waals surface area contributed by atoms with Gasteiger partial charge in [0.05, 0.1) is 48.9 Å². The van der Waals surface area contributed by atoms with E-state index in [2.05, 4.69) is 38.0 Å². The van der Waals surface area contributed by atoms with Crippen molar-refractivity contribution in [2.75, 3.05) is 43.6 Å². The molecule has 2 fully saturated rings. The van der Waals surface area contributed by atoms with Crippen LogP contribution >= 0.6 is 0 Å². The number of nitrogens with one attached hydrogen (secondary N) is 1. The zero-order valence-electron chi connectivity index (χ0n) is 19.5. The highest BCUT2D eigenvalue weighted by Crippen LogP contribution is 2.38. The Bertz CT molecular complexity index is 1370. The molecule has 35 heavy (non-hydrogen) atoms. The van der Waals surface area contributed by atoms with Crippen molar-refractivity contribution in [1.82, 2.24) is 19.5 Å². The number of benzene rings is 2. The fourth-order valence-corrected chi connectivity index (χ4v) is 4.34. The minimum absolute atomic E-state index is 0.365. The smallest absolute Gasteiger partial charge is 0.337 e. The Balaban J connectivity index is 1.37. The molecule has 1 aliphatic heterocycles. The summed E-state index contributed by atoms with van der Waals surface area (Å²) < 4.78 is 12.6. The number of imidazole rings is 1. The van der Waals surface area contributed by atoms with Gasteiger partial charge in [-0.3, -0.25) is 0 Å². The Labute approximate surface area is 202 Å². The Morgan fingerprint density at radius 2 is 1.86 bits per heavy atom. The third-order valence-corrected chi connectivity index (χ3v) is 6.40. The summed E-state index contributed by atoms with van der Waals surface area (Å²) >= 11 is 0. The van der Waals surface area contributed by atoms with Gasteiger partial charge in [-0.2, -0.15) is 4.98 Å². The molecule has 1 saturated carbocycles. The van der Waals surface area contributed by atoms with Crippen LogP contribution in [0.4, 0.5) is 17.5 Å². The van der Waals surface area contributed by atoms with Crippen molar-refractivity contribution in [3.8, 4) is 11.3 Å². The third kappa shape index (κ3) is 4.42. The number of carbonyl (C=O) groups is 1. The molecule has 0 unspecified atom stereocenters. The first-order valence-electron chi connectivity index (χ1n) is 11.8. The van der Waals surface area contributed by atoms with Gasteiger partial charge in [-0.05, 0) is 49.2 Å². The summed E-state index contributed by atoms with van der Waals surface area (Å²) in [5.74, 6) is 0.977. The largest absolute Gasteiger partial charge is 0.465 e. The minimum atomic E-state index is -0.365. The predicted octanol–water partition coefficient (Wildman–Crippen LogP) is 4.20. The van der Waals surface area contributed by atoms with Crippen LogP contribution in [-0.4, -0.2) is 58.9 Å². The van der Waals surface area contributed by atoms with Crippen LogP contribution in [0.2, 0.25) is 0 Å². The normalized spacial score (nSPS) is 15.9. The minimum Gasteiger partial charge on any atom is -0.465 e. The molecule has 1 saturated heterocycles. The number of anilines is 3. The van der Waals surface area contributed by atoms with Gasteiger partial charge in [0, 0.05) is 36.4 Å². The second-order valence-corrected chi connectivity index (χ2v) is 8.82. The molecule has 178 valence electrons. The lowest BCUT2D eigenvalue weighted by Crippen LogP contribution is -2.37. The summed E-state index contributed by atoms with van der Waals surface area (Å²) in [6.07, 6.45) is 4.34. The molecule has 0 bridgehead atoms. The molecule has 9 heteroatoms. The van der Waals surface area contributed by atoms with Crippen LogP contribution in [0.5, 0.6) is 0 Å². The van der Waals surface area contributed by atoms with Crippen molar-refractivity contribution in [2.24, 2.45) is 0 Å². The summed E-state index contributed by atoms with van der Waals surface area (Å²) in [6, 6.07) is 15.9. The maximum Gasteiger partial charge on any atom is 0.337 e. The average Bonchev–Trinajstić information content (AvgIpc) is 3.67. The SMILES string of the molecule is COC(=O)c1ccc(Nc2cc(-c3ccc4ncn(C5CC5)c4c3)nc(N3CCOCC3)n2)cc1. The molecule has 0 atom stereocenters. The number of rotatable bonds is 6. The van der Waals surface area contributed by atoms with Gasteiger partial charge in [-0.1, -0.05) is 6.07 Å². The van der Waals surface area contributed by atoms with E-state index in [4.69, 9.17) is 19.4 Å². The zero-order chi connectivity index (χ0) is 23.8. The molecule has 3 heterocycles. The molecule has 6 rings (SSSR count). The van der Waals surface area contributed by atoms with E-state index < -0.39 is 0 Å². The molecule has 1 N–H and O–H groups in total. The number of hydrogen-bond donors (Lipinski definition) is 1. The monoisotopic (exact) mass is 470 g/mol. The number of methoxy groups -OCH3 is 1.